The van der Waals surface area contributed by atoms with E-state index in [0.717, 1.165) is 11.4 Å². The van der Waals surface area contributed by atoms with E-state index in [1.54, 1.807) is 17.2 Å². The molecule has 0 aliphatic carbocycles. The highest BCUT2D eigenvalue weighted by Crippen LogP contribution is 2.24. The van der Waals surface area contributed by atoms with Gasteiger partial charge in [-0.3, -0.25) is 0 Å². The van der Waals surface area contributed by atoms with E-state index in [1.807, 2.05) is 29.1 Å². The van der Waals surface area contributed by atoms with Gasteiger partial charge in [0.05, 0.1) is 11.4 Å². The molecule has 1 aromatic carbocycles. The molecule has 0 radical (unpaired) electrons. The Kier molecular flexibility index (Phi) is 2.83. The van der Waals surface area contributed by atoms with Crippen LogP contribution in [0.2, 0.25) is 0 Å². The fourth-order valence-corrected chi connectivity index (χ4v) is 2.05. The highest BCUT2D eigenvalue weighted by molar-refractivity contribution is 5.50. The van der Waals surface area contributed by atoms with Crippen molar-refractivity contribution in [2.75, 3.05) is 0 Å². The molecule has 0 saturated carbocycles. The van der Waals surface area contributed by atoms with Crippen LogP contribution in [0.5, 0.6) is 0 Å². The fraction of sp³-hybridized carbons (Fsp3) is 0.231. The van der Waals surface area contributed by atoms with Crippen LogP contribution in [0.4, 0.5) is 0 Å². The molecule has 3 aromatic rings. The molecule has 3 rings (SSSR count). The zero-order valence-corrected chi connectivity index (χ0v) is 10.8. The summed E-state index contributed by atoms with van der Waals surface area (Å²) < 4.78 is 3.50. The monoisotopic (exact) mass is 254 g/mol. The molecule has 0 aliphatic heterocycles. The van der Waals surface area contributed by atoms with Gasteiger partial charge in [-0.05, 0) is 40.1 Å². The first kappa shape index (κ1) is 11.6. The Hall–Kier alpha value is -2.50. The van der Waals surface area contributed by atoms with Crippen LogP contribution in [-0.2, 0) is 0 Å². The largest absolute Gasteiger partial charge is 0.241 e. The number of hydrogen-bond donors (Lipinski definition) is 0. The smallest absolute Gasteiger partial charge is 0.143 e. The van der Waals surface area contributed by atoms with Crippen LogP contribution in [0.1, 0.15) is 25.3 Å². The summed E-state index contributed by atoms with van der Waals surface area (Å²) in [6.07, 6.45) is 5.29. The summed E-state index contributed by atoms with van der Waals surface area (Å²) in [5.41, 5.74) is 3.20. The number of tetrazole rings is 1. The van der Waals surface area contributed by atoms with Crippen molar-refractivity contribution in [3.63, 3.8) is 0 Å². The van der Waals surface area contributed by atoms with Gasteiger partial charge >= 0.3 is 0 Å². The van der Waals surface area contributed by atoms with Crippen molar-refractivity contribution >= 4 is 0 Å². The summed E-state index contributed by atoms with van der Waals surface area (Å²) in [5, 5.41) is 15.5. The van der Waals surface area contributed by atoms with Crippen molar-refractivity contribution in [2.45, 2.75) is 19.8 Å². The van der Waals surface area contributed by atoms with Crippen LogP contribution in [0.3, 0.4) is 0 Å². The molecule has 0 aliphatic rings. The van der Waals surface area contributed by atoms with Crippen LogP contribution in [0.15, 0.2) is 43.0 Å². The highest BCUT2D eigenvalue weighted by atomic mass is 15.5. The predicted octanol–water partition coefficient (Wildman–Crippen LogP) is 1.97. The first-order valence-electron chi connectivity index (χ1n) is 6.13. The summed E-state index contributed by atoms with van der Waals surface area (Å²) in [5.74, 6) is 0.419. The zero-order chi connectivity index (χ0) is 13.2. The maximum absolute atomic E-state index is 4.31. The van der Waals surface area contributed by atoms with Crippen molar-refractivity contribution in [1.29, 1.82) is 0 Å². The Morgan fingerprint density at radius 1 is 1.16 bits per heavy atom. The van der Waals surface area contributed by atoms with E-state index in [2.05, 4.69) is 40.5 Å². The molecule has 0 fully saturated rings. The summed E-state index contributed by atoms with van der Waals surface area (Å²) in [6.45, 7) is 4.33. The minimum absolute atomic E-state index is 0.419. The molecule has 0 atom stereocenters. The average Bonchev–Trinajstić information content (AvgIpc) is 3.11. The van der Waals surface area contributed by atoms with E-state index >= 15 is 0 Å². The second kappa shape index (κ2) is 4.64. The third kappa shape index (κ3) is 2.12. The van der Waals surface area contributed by atoms with E-state index in [9.17, 15) is 0 Å². The van der Waals surface area contributed by atoms with Gasteiger partial charge in [-0.25, -0.2) is 9.36 Å². The quantitative estimate of drug-likeness (QED) is 0.717. The molecule has 6 heteroatoms. The van der Waals surface area contributed by atoms with Crippen LogP contribution in [0, 0.1) is 0 Å². The number of rotatable bonds is 3. The van der Waals surface area contributed by atoms with Crippen LogP contribution >= 0.6 is 0 Å². The normalized spacial score (nSPS) is 11.1. The Balaban J connectivity index is 2.16. The number of hydrogen-bond acceptors (Lipinski definition) is 4. The lowest BCUT2D eigenvalue weighted by Gasteiger charge is -2.14. The van der Waals surface area contributed by atoms with Gasteiger partial charge in [-0.2, -0.15) is 5.10 Å². The molecule has 0 bridgehead atoms. The van der Waals surface area contributed by atoms with Crippen LogP contribution < -0.4 is 0 Å². The Bertz CT molecular complexity index is 655. The van der Waals surface area contributed by atoms with Gasteiger partial charge in [0, 0.05) is 12.4 Å². The first-order chi connectivity index (χ1) is 9.25. The van der Waals surface area contributed by atoms with Crippen LogP contribution in [0.25, 0.3) is 11.4 Å². The predicted molar refractivity (Wildman–Crippen MR) is 70.4 cm³/mol. The van der Waals surface area contributed by atoms with Gasteiger partial charge in [-0.1, -0.05) is 19.9 Å². The Labute approximate surface area is 110 Å². The second-order valence-electron chi connectivity index (χ2n) is 4.60. The zero-order valence-electron chi connectivity index (χ0n) is 10.8. The third-order valence-electron chi connectivity index (χ3n) is 3.00. The van der Waals surface area contributed by atoms with Gasteiger partial charge < -0.3 is 0 Å². The lowest BCUT2D eigenvalue weighted by molar-refractivity contribution is 0.776. The first-order valence-corrected chi connectivity index (χ1v) is 6.13. The molecule has 0 saturated heterocycles. The molecule has 2 heterocycles. The number of benzene rings is 1. The molecule has 0 spiro atoms. The van der Waals surface area contributed by atoms with Crippen LogP contribution in [-0.4, -0.2) is 30.0 Å². The van der Waals surface area contributed by atoms with Gasteiger partial charge in [0.1, 0.15) is 6.33 Å². The molecule has 19 heavy (non-hydrogen) atoms. The Morgan fingerprint density at radius 3 is 2.68 bits per heavy atom. The highest BCUT2D eigenvalue weighted by Gasteiger charge is 2.11. The minimum Gasteiger partial charge on any atom is -0.241 e. The van der Waals surface area contributed by atoms with Crippen molar-refractivity contribution in [3.05, 3.63) is 48.5 Å². The molecule has 96 valence electrons. The molecule has 0 N–H and O–H groups in total. The summed E-state index contributed by atoms with van der Waals surface area (Å²) in [4.78, 5) is 0. The summed E-state index contributed by atoms with van der Waals surface area (Å²) in [7, 11) is 0. The van der Waals surface area contributed by atoms with Crippen molar-refractivity contribution in [3.8, 4) is 11.4 Å². The molecule has 0 amide bonds. The van der Waals surface area contributed by atoms with Gasteiger partial charge in [0.15, 0.2) is 0 Å². The SMILES string of the molecule is CC(C)c1ccc(-n2cnnn2)cc1-n1cccn1. The van der Waals surface area contributed by atoms with Gasteiger partial charge in [-0.15, -0.1) is 5.10 Å². The third-order valence-corrected chi connectivity index (χ3v) is 3.00. The van der Waals surface area contributed by atoms with E-state index in [-0.39, 0.29) is 0 Å². The summed E-state index contributed by atoms with van der Waals surface area (Å²) >= 11 is 0. The Morgan fingerprint density at radius 2 is 2.05 bits per heavy atom. The maximum atomic E-state index is 4.31. The lowest BCUT2D eigenvalue weighted by Crippen LogP contribution is -2.04. The van der Waals surface area contributed by atoms with E-state index < -0.39 is 0 Å². The van der Waals surface area contributed by atoms with E-state index in [1.165, 1.54) is 5.56 Å². The van der Waals surface area contributed by atoms with E-state index in [4.69, 9.17) is 0 Å². The number of aromatic nitrogens is 6. The van der Waals surface area contributed by atoms with Crippen molar-refractivity contribution < 1.29 is 0 Å². The fourth-order valence-electron chi connectivity index (χ4n) is 2.05. The molecular weight excluding hydrogens is 240 g/mol. The average molecular weight is 254 g/mol. The minimum atomic E-state index is 0.419. The molecule has 2 aromatic heterocycles. The second-order valence-corrected chi connectivity index (χ2v) is 4.60. The van der Waals surface area contributed by atoms with Crippen molar-refractivity contribution in [2.24, 2.45) is 0 Å². The van der Waals surface area contributed by atoms with Crippen molar-refractivity contribution in [1.82, 2.24) is 30.0 Å². The van der Waals surface area contributed by atoms with E-state index in [0.29, 0.717) is 5.92 Å². The lowest BCUT2D eigenvalue weighted by atomic mass is 10.0. The summed E-state index contributed by atoms with van der Waals surface area (Å²) in [6, 6.07) is 8.06. The van der Waals surface area contributed by atoms with Gasteiger partial charge in [0.2, 0.25) is 0 Å². The van der Waals surface area contributed by atoms with Gasteiger partial charge in [0.25, 0.3) is 0 Å². The topological polar surface area (TPSA) is 61.4 Å². The molecule has 0 unspecified atom stereocenters. The number of nitrogens with zero attached hydrogens (tertiary/aromatic N) is 6. The molecule has 6 nitrogen and oxygen atoms in total. The standard InChI is InChI=1S/C13H14N6/c1-10(2)12-5-4-11(19-9-14-16-17-19)8-13(12)18-7-3-6-15-18/h3-10H,1-2H3. The molecular formula is C13H14N6. The maximum Gasteiger partial charge on any atom is 0.143 e.